The number of nitrogens with one attached hydrogen (secondary N) is 1. The molecular weight excluding hydrogens is 252 g/mol. The third kappa shape index (κ3) is 3.01. The molecule has 0 saturated carbocycles. The molecule has 6 heteroatoms. The number of hydrogen-bond acceptors (Lipinski definition) is 6. The molecule has 0 fully saturated rings. The van der Waals surface area contributed by atoms with Crippen LogP contribution >= 0.6 is 0 Å². The lowest BCUT2D eigenvalue weighted by Crippen LogP contribution is -2.12. The van der Waals surface area contributed by atoms with E-state index in [0.29, 0.717) is 23.0 Å². The van der Waals surface area contributed by atoms with Crippen LogP contribution in [0.5, 0.6) is 0 Å². The van der Waals surface area contributed by atoms with Crippen molar-refractivity contribution < 1.29 is 0 Å². The first kappa shape index (κ1) is 13.3. The fourth-order valence-electron chi connectivity index (χ4n) is 1.65. The Morgan fingerprint density at radius 3 is 2.70 bits per heavy atom. The number of hydrogen-bond donors (Lipinski definition) is 1. The van der Waals surface area contributed by atoms with E-state index in [4.69, 9.17) is 10.5 Å². The van der Waals surface area contributed by atoms with Crippen LogP contribution in [0.25, 0.3) is 0 Å². The number of nitriles is 2. The van der Waals surface area contributed by atoms with Crippen molar-refractivity contribution in [2.75, 3.05) is 17.3 Å². The van der Waals surface area contributed by atoms with Crippen LogP contribution in [0, 0.1) is 29.7 Å². The lowest BCUT2D eigenvalue weighted by Gasteiger charge is -2.11. The molecule has 0 spiro atoms. The van der Waals surface area contributed by atoms with Crippen LogP contribution in [0.2, 0.25) is 0 Å². The predicted molar refractivity (Wildman–Crippen MR) is 75.2 cm³/mol. The van der Waals surface area contributed by atoms with Crippen LogP contribution in [-0.4, -0.2) is 17.0 Å². The maximum atomic E-state index is 8.89. The van der Waals surface area contributed by atoms with Gasteiger partial charge in [0.2, 0.25) is 0 Å². The SMILES string of the molecule is Cc1nc(Nc2cccc(C#N)c2)cc(N(C)C#N)n1. The highest BCUT2D eigenvalue weighted by Gasteiger charge is 2.06. The zero-order chi connectivity index (χ0) is 14.5. The van der Waals surface area contributed by atoms with Gasteiger partial charge in [0.15, 0.2) is 6.19 Å². The molecule has 0 unspecified atom stereocenters. The van der Waals surface area contributed by atoms with E-state index in [1.54, 1.807) is 38.2 Å². The van der Waals surface area contributed by atoms with Crippen LogP contribution < -0.4 is 10.2 Å². The zero-order valence-corrected chi connectivity index (χ0v) is 11.1. The van der Waals surface area contributed by atoms with Crippen molar-refractivity contribution in [2.24, 2.45) is 0 Å². The summed E-state index contributed by atoms with van der Waals surface area (Å²) in [5.41, 5.74) is 1.32. The Labute approximate surface area is 116 Å². The third-order valence-electron chi connectivity index (χ3n) is 2.58. The first-order valence-electron chi connectivity index (χ1n) is 5.88. The average Bonchev–Trinajstić information content (AvgIpc) is 2.46. The maximum Gasteiger partial charge on any atom is 0.185 e. The van der Waals surface area contributed by atoms with Crippen LogP contribution in [0.3, 0.4) is 0 Å². The number of aromatic nitrogens is 2. The Bertz CT molecular complexity index is 710. The summed E-state index contributed by atoms with van der Waals surface area (Å²) in [6.45, 7) is 1.76. The Kier molecular flexibility index (Phi) is 3.78. The second-order valence-electron chi connectivity index (χ2n) is 4.14. The third-order valence-corrected chi connectivity index (χ3v) is 2.58. The Hall–Kier alpha value is -3.12. The summed E-state index contributed by atoms with van der Waals surface area (Å²) in [6.07, 6.45) is 1.99. The van der Waals surface area contributed by atoms with Crippen LogP contribution in [0.4, 0.5) is 17.3 Å². The van der Waals surface area contributed by atoms with Crippen molar-refractivity contribution in [3.63, 3.8) is 0 Å². The van der Waals surface area contributed by atoms with Crippen molar-refractivity contribution in [1.82, 2.24) is 9.97 Å². The fraction of sp³-hybridized carbons (Fsp3) is 0.143. The van der Waals surface area contributed by atoms with Crippen LogP contribution in [-0.2, 0) is 0 Å². The smallest absolute Gasteiger partial charge is 0.185 e. The van der Waals surface area contributed by atoms with Gasteiger partial charge >= 0.3 is 0 Å². The molecule has 0 saturated heterocycles. The van der Waals surface area contributed by atoms with Crippen molar-refractivity contribution >= 4 is 17.3 Å². The van der Waals surface area contributed by atoms with Gasteiger partial charge in [-0.25, -0.2) is 9.97 Å². The monoisotopic (exact) mass is 264 g/mol. The van der Waals surface area contributed by atoms with Gasteiger partial charge in [-0.15, -0.1) is 0 Å². The molecule has 0 aliphatic heterocycles. The van der Waals surface area contributed by atoms with Gasteiger partial charge in [0.05, 0.1) is 11.6 Å². The normalized spacial score (nSPS) is 9.40. The minimum absolute atomic E-state index is 0.513. The van der Waals surface area contributed by atoms with E-state index in [1.807, 2.05) is 12.3 Å². The van der Waals surface area contributed by atoms with Gasteiger partial charge in [0.25, 0.3) is 0 Å². The van der Waals surface area contributed by atoms with Gasteiger partial charge in [-0.3, -0.25) is 4.90 Å². The summed E-state index contributed by atoms with van der Waals surface area (Å²) in [5.74, 6) is 1.65. The Morgan fingerprint density at radius 1 is 1.20 bits per heavy atom. The average molecular weight is 264 g/mol. The Morgan fingerprint density at radius 2 is 2.00 bits per heavy atom. The molecule has 0 bridgehead atoms. The molecule has 20 heavy (non-hydrogen) atoms. The molecule has 1 aromatic heterocycles. The summed E-state index contributed by atoms with van der Waals surface area (Å²) in [5, 5.41) is 20.9. The minimum atomic E-state index is 0.513. The molecule has 0 amide bonds. The summed E-state index contributed by atoms with van der Waals surface area (Å²) < 4.78 is 0. The summed E-state index contributed by atoms with van der Waals surface area (Å²) in [7, 11) is 1.63. The highest BCUT2D eigenvalue weighted by Crippen LogP contribution is 2.19. The highest BCUT2D eigenvalue weighted by molar-refractivity contribution is 5.61. The molecule has 0 aliphatic rings. The van der Waals surface area contributed by atoms with Gasteiger partial charge in [-0.2, -0.15) is 10.5 Å². The molecule has 0 atom stereocenters. The van der Waals surface area contributed by atoms with Gasteiger partial charge < -0.3 is 5.32 Å². The number of anilines is 3. The molecular formula is C14H12N6. The van der Waals surface area contributed by atoms with Crippen LogP contribution in [0.15, 0.2) is 30.3 Å². The maximum absolute atomic E-state index is 8.89. The number of nitrogens with zero attached hydrogens (tertiary/aromatic N) is 5. The van der Waals surface area contributed by atoms with Crippen molar-refractivity contribution in [3.8, 4) is 12.3 Å². The number of rotatable bonds is 3. The first-order chi connectivity index (χ1) is 9.62. The quantitative estimate of drug-likeness (QED) is 0.676. The summed E-state index contributed by atoms with van der Waals surface area (Å²) >= 11 is 0. The zero-order valence-electron chi connectivity index (χ0n) is 11.1. The van der Waals surface area contributed by atoms with E-state index in [9.17, 15) is 0 Å². The molecule has 0 aliphatic carbocycles. The molecule has 2 rings (SSSR count). The largest absolute Gasteiger partial charge is 0.340 e. The van der Waals surface area contributed by atoms with E-state index < -0.39 is 0 Å². The molecule has 1 aromatic carbocycles. The van der Waals surface area contributed by atoms with Crippen molar-refractivity contribution in [2.45, 2.75) is 6.92 Å². The minimum Gasteiger partial charge on any atom is -0.340 e. The Balaban J connectivity index is 2.32. The molecule has 1 heterocycles. The predicted octanol–water partition coefficient (Wildman–Crippen LogP) is 2.32. The van der Waals surface area contributed by atoms with Gasteiger partial charge in [-0.05, 0) is 25.1 Å². The second kappa shape index (κ2) is 5.68. The van der Waals surface area contributed by atoms with Gasteiger partial charge in [0, 0.05) is 18.8 Å². The first-order valence-corrected chi connectivity index (χ1v) is 5.88. The molecule has 0 radical (unpaired) electrons. The van der Waals surface area contributed by atoms with Crippen molar-refractivity contribution in [1.29, 1.82) is 10.5 Å². The van der Waals surface area contributed by atoms with Gasteiger partial charge in [-0.1, -0.05) is 6.07 Å². The summed E-state index contributed by atoms with van der Waals surface area (Å²) in [6, 6.07) is 10.8. The van der Waals surface area contributed by atoms with Gasteiger partial charge in [0.1, 0.15) is 17.5 Å². The van der Waals surface area contributed by atoms with E-state index >= 15 is 0 Å². The fourth-order valence-corrected chi connectivity index (χ4v) is 1.65. The second-order valence-corrected chi connectivity index (χ2v) is 4.14. The van der Waals surface area contributed by atoms with E-state index in [2.05, 4.69) is 21.4 Å². The van der Waals surface area contributed by atoms with E-state index in [-0.39, 0.29) is 0 Å². The molecule has 98 valence electrons. The molecule has 6 nitrogen and oxygen atoms in total. The van der Waals surface area contributed by atoms with E-state index in [0.717, 1.165) is 5.69 Å². The summed E-state index contributed by atoms with van der Waals surface area (Å²) in [4.78, 5) is 9.79. The van der Waals surface area contributed by atoms with Crippen molar-refractivity contribution in [3.05, 3.63) is 41.7 Å². The van der Waals surface area contributed by atoms with E-state index in [1.165, 1.54) is 4.90 Å². The highest BCUT2D eigenvalue weighted by atomic mass is 15.2. The molecule has 2 aromatic rings. The van der Waals surface area contributed by atoms with Crippen LogP contribution in [0.1, 0.15) is 11.4 Å². The lowest BCUT2D eigenvalue weighted by atomic mass is 10.2. The lowest BCUT2D eigenvalue weighted by molar-refractivity contribution is 1.02. The number of aryl methyl sites for hydroxylation is 1. The number of benzene rings is 1. The standard InChI is InChI=1S/C14H12N6/c1-10-17-13(7-14(18-10)20(2)9-16)19-12-5-3-4-11(6-12)8-15/h3-7H,1-2H3,(H,17,18,19). The molecule has 1 N–H and O–H groups in total. The topological polar surface area (TPSA) is 88.6 Å².